The molecule has 2 rings (SSSR count). The predicted octanol–water partition coefficient (Wildman–Crippen LogP) is 2.69. The van der Waals surface area contributed by atoms with Crippen LogP contribution in [-0.2, 0) is 9.53 Å². The topological polar surface area (TPSA) is 58.6 Å². The van der Waals surface area contributed by atoms with Gasteiger partial charge in [-0.1, -0.05) is 13.8 Å². The van der Waals surface area contributed by atoms with Crippen LogP contribution >= 0.6 is 15.9 Å². The van der Waals surface area contributed by atoms with Crippen molar-refractivity contribution in [1.29, 1.82) is 0 Å². The van der Waals surface area contributed by atoms with E-state index in [4.69, 9.17) is 4.74 Å². The molecule has 0 unspecified atom stereocenters. The highest BCUT2D eigenvalue weighted by molar-refractivity contribution is 9.10. The number of amides is 1. The maximum Gasteiger partial charge on any atom is 0.296 e. The van der Waals surface area contributed by atoms with Crippen LogP contribution in [0.2, 0.25) is 0 Å². The molecule has 0 spiro atoms. The van der Waals surface area contributed by atoms with Crippen LogP contribution in [0.3, 0.4) is 0 Å². The highest BCUT2D eigenvalue weighted by atomic mass is 79.9. The van der Waals surface area contributed by atoms with Gasteiger partial charge in [0.15, 0.2) is 0 Å². The number of methoxy groups -OCH3 is 1. The fraction of sp³-hybridized carbons (Fsp3) is 0.467. The highest BCUT2D eigenvalue weighted by Gasteiger charge is 2.29. The van der Waals surface area contributed by atoms with Gasteiger partial charge in [-0.15, -0.1) is 0 Å². The molecule has 1 amide bonds. The average molecular weight is 355 g/mol. The minimum absolute atomic E-state index is 0.423. The lowest BCUT2D eigenvalue weighted by Crippen LogP contribution is -2.31. The molecule has 0 saturated heterocycles. The van der Waals surface area contributed by atoms with E-state index < -0.39 is 11.7 Å². The largest absolute Gasteiger partial charge is 0.383 e. The minimum atomic E-state index is -0.568. The molecule has 0 radical (unpaired) electrons. The summed E-state index contributed by atoms with van der Waals surface area (Å²) in [6.45, 7) is 6.51. The van der Waals surface area contributed by atoms with Gasteiger partial charge in [-0.05, 0) is 34.0 Å². The molecule has 1 aromatic carbocycles. The summed E-state index contributed by atoms with van der Waals surface area (Å²) in [5, 5.41) is 2.61. The van der Waals surface area contributed by atoms with E-state index in [1.54, 1.807) is 13.2 Å². The van der Waals surface area contributed by atoms with Crippen molar-refractivity contribution in [2.24, 2.45) is 5.92 Å². The second-order valence-electron chi connectivity index (χ2n) is 5.47. The van der Waals surface area contributed by atoms with Crippen LogP contribution in [0.1, 0.15) is 24.2 Å². The second-order valence-corrected chi connectivity index (χ2v) is 6.32. The summed E-state index contributed by atoms with van der Waals surface area (Å²) in [6.07, 6.45) is 0. The van der Waals surface area contributed by atoms with Crippen LogP contribution in [0.5, 0.6) is 0 Å². The molecule has 1 aliphatic heterocycles. The molecular weight excluding hydrogens is 336 g/mol. The number of nitrogens with one attached hydrogen (secondary N) is 1. The number of rotatable bonds is 6. The minimum Gasteiger partial charge on any atom is -0.383 e. The molecule has 0 fully saturated rings. The van der Waals surface area contributed by atoms with Gasteiger partial charge in [-0.3, -0.25) is 9.59 Å². The summed E-state index contributed by atoms with van der Waals surface area (Å²) in [5.41, 5.74) is 1.95. The molecule has 0 atom stereocenters. The van der Waals surface area contributed by atoms with Crippen LogP contribution < -0.4 is 10.2 Å². The van der Waals surface area contributed by atoms with E-state index in [0.29, 0.717) is 23.8 Å². The lowest BCUT2D eigenvalue weighted by molar-refractivity contribution is -0.112. The zero-order valence-corrected chi connectivity index (χ0v) is 14.0. The van der Waals surface area contributed by atoms with E-state index in [9.17, 15) is 9.59 Å². The van der Waals surface area contributed by atoms with Crippen molar-refractivity contribution >= 4 is 39.0 Å². The quantitative estimate of drug-likeness (QED) is 0.798. The van der Waals surface area contributed by atoms with E-state index >= 15 is 0 Å². The number of Topliss-reactive ketones (excluding diaryl/α,β-unsaturated/α-hetero) is 1. The van der Waals surface area contributed by atoms with Gasteiger partial charge in [0, 0.05) is 24.7 Å². The number of anilines is 2. The summed E-state index contributed by atoms with van der Waals surface area (Å²) >= 11 is 3.51. The number of nitrogens with zero attached hydrogens (tertiary/aromatic N) is 1. The second kappa shape index (κ2) is 6.58. The van der Waals surface area contributed by atoms with Gasteiger partial charge in [-0.2, -0.15) is 0 Å². The Morgan fingerprint density at radius 2 is 2.05 bits per heavy atom. The Morgan fingerprint density at radius 3 is 2.67 bits per heavy atom. The smallest absolute Gasteiger partial charge is 0.296 e. The number of benzene rings is 1. The fourth-order valence-electron chi connectivity index (χ4n) is 2.35. The van der Waals surface area contributed by atoms with Crippen molar-refractivity contribution in [2.45, 2.75) is 13.8 Å². The first-order chi connectivity index (χ1) is 9.93. The van der Waals surface area contributed by atoms with E-state index in [-0.39, 0.29) is 0 Å². The highest BCUT2D eigenvalue weighted by Crippen LogP contribution is 2.35. The van der Waals surface area contributed by atoms with Crippen LogP contribution in [0.25, 0.3) is 0 Å². The molecule has 21 heavy (non-hydrogen) atoms. The summed E-state index contributed by atoms with van der Waals surface area (Å²) in [7, 11) is 1.67. The summed E-state index contributed by atoms with van der Waals surface area (Å²) in [6, 6.07) is 3.56. The third-order valence-electron chi connectivity index (χ3n) is 3.28. The Hall–Kier alpha value is -1.40. The summed E-state index contributed by atoms with van der Waals surface area (Å²) in [5.74, 6) is -0.566. The van der Waals surface area contributed by atoms with Gasteiger partial charge < -0.3 is 15.0 Å². The number of ether oxygens (including phenoxy) is 1. The predicted molar refractivity (Wildman–Crippen MR) is 86.0 cm³/mol. The molecule has 0 aromatic heterocycles. The normalized spacial score (nSPS) is 13.6. The Labute approximate surface area is 132 Å². The zero-order chi connectivity index (χ0) is 15.6. The summed E-state index contributed by atoms with van der Waals surface area (Å²) < 4.78 is 5.97. The zero-order valence-electron chi connectivity index (χ0n) is 12.4. The Kier molecular flexibility index (Phi) is 5.00. The Morgan fingerprint density at radius 1 is 1.33 bits per heavy atom. The van der Waals surface area contributed by atoms with Crippen LogP contribution in [0.15, 0.2) is 16.6 Å². The number of fused-ring (bicyclic) bond motifs is 1. The fourth-order valence-corrected chi connectivity index (χ4v) is 2.94. The van der Waals surface area contributed by atoms with Crippen LogP contribution in [0.4, 0.5) is 11.4 Å². The van der Waals surface area contributed by atoms with Crippen molar-refractivity contribution in [3.63, 3.8) is 0 Å². The van der Waals surface area contributed by atoms with Gasteiger partial charge in [0.2, 0.25) is 0 Å². The number of halogens is 1. The van der Waals surface area contributed by atoms with Crippen molar-refractivity contribution in [2.75, 3.05) is 37.0 Å². The number of hydrogen-bond acceptors (Lipinski definition) is 4. The first-order valence-corrected chi connectivity index (χ1v) is 7.66. The molecule has 114 valence electrons. The van der Waals surface area contributed by atoms with Crippen molar-refractivity contribution < 1.29 is 14.3 Å². The molecule has 1 aliphatic rings. The van der Waals surface area contributed by atoms with Gasteiger partial charge in [0.25, 0.3) is 11.7 Å². The molecular formula is C15H19BrN2O3. The van der Waals surface area contributed by atoms with E-state index in [1.807, 2.05) is 6.07 Å². The maximum atomic E-state index is 11.7. The van der Waals surface area contributed by atoms with Crippen molar-refractivity contribution in [3.8, 4) is 0 Å². The number of carbonyl (C=O) groups excluding carboxylic acids is 2. The van der Waals surface area contributed by atoms with Gasteiger partial charge in [-0.25, -0.2) is 0 Å². The Bertz CT molecular complexity index is 572. The van der Waals surface area contributed by atoms with Crippen LogP contribution in [-0.4, -0.2) is 38.5 Å². The third kappa shape index (κ3) is 3.44. The molecule has 0 saturated carbocycles. The SMILES string of the molecule is COCCN(CC(C)C)c1cc2c(cc1Br)C(=O)C(=O)N2. The number of carbonyl (C=O) groups is 2. The first kappa shape index (κ1) is 16.0. The molecule has 6 heteroatoms. The number of ketones is 1. The molecule has 1 aromatic rings. The van der Waals surface area contributed by atoms with E-state index in [2.05, 4.69) is 40.0 Å². The lowest BCUT2D eigenvalue weighted by atomic mass is 10.1. The molecule has 0 aliphatic carbocycles. The average Bonchev–Trinajstić information content (AvgIpc) is 2.69. The molecule has 0 bridgehead atoms. The maximum absolute atomic E-state index is 11.7. The molecule has 5 nitrogen and oxygen atoms in total. The first-order valence-electron chi connectivity index (χ1n) is 6.87. The molecule has 1 heterocycles. The Balaban J connectivity index is 2.35. The van der Waals surface area contributed by atoms with Gasteiger partial charge in [0.05, 0.1) is 23.5 Å². The monoisotopic (exact) mass is 354 g/mol. The molecule has 1 N–H and O–H groups in total. The van der Waals surface area contributed by atoms with E-state index in [0.717, 1.165) is 23.2 Å². The lowest BCUT2D eigenvalue weighted by Gasteiger charge is -2.28. The van der Waals surface area contributed by atoms with Crippen molar-refractivity contribution in [3.05, 3.63) is 22.2 Å². The van der Waals surface area contributed by atoms with Gasteiger partial charge >= 0.3 is 0 Å². The number of hydrogen-bond donors (Lipinski definition) is 1. The standard InChI is InChI=1S/C15H19BrN2O3/c1-9(2)8-18(4-5-21-3)13-7-12-10(6-11(13)16)14(19)15(20)17-12/h6-7,9H,4-5,8H2,1-3H3,(H,17,19,20). The van der Waals surface area contributed by atoms with Crippen LogP contribution in [0, 0.1) is 5.92 Å². The van der Waals surface area contributed by atoms with Crippen molar-refractivity contribution in [1.82, 2.24) is 0 Å². The van der Waals surface area contributed by atoms with Gasteiger partial charge in [0.1, 0.15) is 0 Å². The summed E-state index contributed by atoms with van der Waals surface area (Å²) in [4.78, 5) is 25.4. The third-order valence-corrected chi connectivity index (χ3v) is 3.91. The van der Waals surface area contributed by atoms with E-state index in [1.165, 1.54) is 0 Å².